The van der Waals surface area contributed by atoms with Gasteiger partial charge in [0.15, 0.2) is 11.6 Å². The third kappa shape index (κ3) is 4.75. The lowest BCUT2D eigenvalue weighted by Crippen LogP contribution is -2.28. The summed E-state index contributed by atoms with van der Waals surface area (Å²) in [4.78, 5) is 24.1. The standard InChI is InChI=1S/C19H15F2N3O3/c20-15-7-6-13(12-16(15)21)22-19(26)17-8-9-18(25)24(23-17)10-11-27-14-4-2-1-3-5-14/h1-9,12H,10-11H2,(H,22,26). The van der Waals surface area contributed by atoms with Crippen molar-refractivity contribution < 1.29 is 18.3 Å². The van der Waals surface area contributed by atoms with Gasteiger partial charge in [-0.3, -0.25) is 9.59 Å². The van der Waals surface area contributed by atoms with Crippen molar-refractivity contribution in [2.24, 2.45) is 0 Å². The maximum absolute atomic E-state index is 13.2. The van der Waals surface area contributed by atoms with Gasteiger partial charge in [0.05, 0.1) is 6.54 Å². The number of anilines is 1. The molecule has 1 amide bonds. The third-order valence-corrected chi connectivity index (χ3v) is 3.59. The summed E-state index contributed by atoms with van der Waals surface area (Å²) in [5, 5.41) is 6.38. The Kier molecular flexibility index (Phi) is 5.55. The van der Waals surface area contributed by atoms with E-state index in [2.05, 4.69) is 10.4 Å². The second-order valence-corrected chi connectivity index (χ2v) is 5.52. The first kappa shape index (κ1) is 18.2. The number of nitrogens with one attached hydrogen (secondary N) is 1. The predicted molar refractivity (Wildman–Crippen MR) is 94.7 cm³/mol. The lowest BCUT2D eigenvalue weighted by Gasteiger charge is -2.09. The highest BCUT2D eigenvalue weighted by Crippen LogP contribution is 2.13. The number of hydrogen-bond donors (Lipinski definition) is 1. The van der Waals surface area contributed by atoms with Crippen LogP contribution in [-0.4, -0.2) is 22.3 Å². The smallest absolute Gasteiger partial charge is 0.276 e. The first-order valence-electron chi connectivity index (χ1n) is 8.05. The number of rotatable bonds is 6. The van der Waals surface area contributed by atoms with Crippen molar-refractivity contribution >= 4 is 11.6 Å². The number of para-hydroxylation sites is 1. The number of nitrogens with zero attached hydrogens (tertiary/aromatic N) is 2. The van der Waals surface area contributed by atoms with Crippen LogP contribution < -0.4 is 15.6 Å². The maximum atomic E-state index is 13.2. The Balaban J connectivity index is 1.67. The minimum absolute atomic E-state index is 0.0426. The molecule has 6 nitrogen and oxygen atoms in total. The van der Waals surface area contributed by atoms with Gasteiger partial charge in [-0.15, -0.1) is 0 Å². The molecule has 0 aliphatic heterocycles. The van der Waals surface area contributed by atoms with Gasteiger partial charge in [-0.25, -0.2) is 13.5 Å². The SMILES string of the molecule is O=C(Nc1ccc(F)c(F)c1)c1ccc(=O)n(CCOc2ccccc2)n1. The summed E-state index contributed by atoms with van der Waals surface area (Å²) in [6.45, 7) is 0.325. The summed E-state index contributed by atoms with van der Waals surface area (Å²) < 4.78 is 32.8. The lowest BCUT2D eigenvalue weighted by molar-refractivity contribution is 0.101. The Morgan fingerprint density at radius 2 is 1.81 bits per heavy atom. The molecule has 0 fully saturated rings. The zero-order valence-corrected chi connectivity index (χ0v) is 14.1. The molecule has 1 aromatic heterocycles. The van der Waals surface area contributed by atoms with Gasteiger partial charge in [0.1, 0.15) is 18.1 Å². The molecular formula is C19H15F2N3O3. The number of hydrogen-bond acceptors (Lipinski definition) is 4. The Hall–Kier alpha value is -3.55. The summed E-state index contributed by atoms with van der Waals surface area (Å²) >= 11 is 0. The van der Waals surface area contributed by atoms with E-state index >= 15 is 0 Å². The van der Waals surface area contributed by atoms with Crippen LogP contribution in [0.1, 0.15) is 10.5 Å². The lowest BCUT2D eigenvalue weighted by atomic mass is 10.3. The molecule has 27 heavy (non-hydrogen) atoms. The van der Waals surface area contributed by atoms with E-state index in [0.717, 1.165) is 16.8 Å². The van der Waals surface area contributed by atoms with Crippen molar-refractivity contribution in [3.05, 3.63) is 88.3 Å². The molecule has 0 atom stereocenters. The van der Waals surface area contributed by atoms with Gasteiger partial charge in [0.25, 0.3) is 11.5 Å². The third-order valence-electron chi connectivity index (χ3n) is 3.59. The fourth-order valence-electron chi connectivity index (χ4n) is 2.27. The predicted octanol–water partition coefficient (Wildman–Crippen LogP) is 2.85. The van der Waals surface area contributed by atoms with Crippen LogP contribution >= 0.6 is 0 Å². The quantitative estimate of drug-likeness (QED) is 0.723. The molecule has 0 radical (unpaired) electrons. The van der Waals surface area contributed by atoms with Crippen LogP contribution in [0.15, 0.2) is 65.5 Å². The highest BCUT2D eigenvalue weighted by atomic mass is 19.2. The molecule has 3 aromatic rings. The topological polar surface area (TPSA) is 73.2 Å². The molecule has 8 heteroatoms. The second kappa shape index (κ2) is 8.22. The number of ether oxygens (including phenoxy) is 1. The Bertz CT molecular complexity index is 1010. The molecule has 0 unspecified atom stereocenters. The zero-order valence-electron chi connectivity index (χ0n) is 14.1. The van der Waals surface area contributed by atoms with Crippen molar-refractivity contribution in [2.45, 2.75) is 6.54 Å². The normalized spacial score (nSPS) is 10.4. The van der Waals surface area contributed by atoms with Gasteiger partial charge in [0.2, 0.25) is 0 Å². The number of amides is 1. The van der Waals surface area contributed by atoms with Crippen LogP contribution in [0.25, 0.3) is 0 Å². The van der Waals surface area contributed by atoms with Crippen molar-refractivity contribution in [2.75, 3.05) is 11.9 Å². The van der Waals surface area contributed by atoms with Gasteiger partial charge in [-0.1, -0.05) is 18.2 Å². The van der Waals surface area contributed by atoms with E-state index in [1.165, 1.54) is 18.2 Å². The summed E-state index contributed by atoms with van der Waals surface area (Å²) in [5.74, 6) is -2.10. The Morgan fingerprint density at radius 3 is 2.56 bits per heavy atom. The minimum atomic E-state index is -1.08. The molecule has 3 rings (SSSR count). The molecule has 0 bridgehead atoms. The molecule has 0 aliphatic rings. The van der Waals surface area contributed by atoms with E-state index in [1.54, 1.807) is 12.1 Å². The molecule has 0 saturated carbocycles. The highest BCUT2D eigenvalue weighted by Gasteiger charge is 2.11. The van der Waals surface area contributed by atoms with Gasteiger partial charge < -0.3 is 10.1 Å². The number of carbonyl (C=O) groups is 1. The van der Waals surface area contributed by atoms with Gasteiger partial charge >= 0.3 is 0 Å². The highest BCUT2D eigenvalue weighted by molar-refractivity contribution is 6.02. The minimum Gasteiger partial charge on any atom is -0.492 e. The summed E-state index contributed by atoms with van der Waals surface area (Å²) in [5.41, 5.74) is -0.360. The maximum Gasteiger partial charge on any atom is 0.276 e. The van der Waals surface area contributed by atoms with Crippen molar-refractivity contribution in [1.82, 2.24) is 9.78 Å². The van der Waals surface area contributed by atoms with Gasteiger partial charge in [-0.05, 0) is 30.3 Å². The Morgan fingerprint density at radius 1 is 1.04 bits per heavy atom. The molecule has 2 aromatic carbocycles. The molecule has 0 saturated heterocycles. The monoisotopic (exact) mass is 371 g/mol. The summed E-state index contributed by atoms with van der Waals surface area (Å²) in [6.07, 6.45) is 0. The van der Waals surface area contributed by atoms with E-state index in [4.69, 9.17) is 4.74 Å². The molecular weight excluding hydrogens is 356 g/mol. The first-order chi connectivity index (χ1) is 13.0. The van der Waals surface area contributed by atoms with Crippen LogP contribution in [-0.2, 0) is 6.54 Å². The number of aromatic nitrogens is 2. The molecule has 138 valence electrons. The van der Waals surface area contributed by atoms with Crippen LogP contribution in [0.5, 0.6) is 5.75 Å². The number of halogens is 2. The summed E-state index contributed by atoms with van der Waals surface area (Å²) in [7, 11) is 0. The zero-order chi connectivity index (χ0) is 19.2. The summed E-state index contributed by atoms with van der Waals surface area (Å²) in [6, 6.07) is 14.5. The first-order valence-corrected chi connectivity index (χ1v) is 8.05. The van der Waals surface area contributed by atoms with E-state index < -0.39 is 23.1 Å². The molecule has 1 heterocycles. The van der Waals surface area contributed by atoms with Crippen LogP contribution in [0.4, 0.5) is 14.5 Å². The van der Waals surface area contributed by atoms with Crippen molar-refractivity contribution in [3.63, 3.8) is 0 Å². The number of carbonyl (C=O) groups excluding carboxylic acids is 1. The fraction of sp³-hybridized carbons (Fsp3) is 0.105. The van der Waals surface area contributed by atoms with Gasteiger partial charge in [0, 0.05) is 17.8 Å². The molecule has 0 aliphatic carbocycles. The van der Waals surface area contributed by atoms with Gasteiger partial charge in [-0.2, -0.15) is 5.10 Å². The molecule has 1 N–H and O–H groups in total. The van der Waals surface area contributed by atoms with Crippen LogP contribution in [0.3, 0.4) is 0 Å². The van der Waals surface area contributed by atoms with E-state index in [1.807, 2.05) is 18.2 Å². The second-order valence-electron chi connectivity index (χ2n) is 5.52. The average Bonchev–Trinajstić information content (AvgIpc) is 2.67. The van der Waals surface area contributed by atoms with Crippen molar-refractivity contribution in [1.29, 1.82) is 0 Å². The fourth-order valence-corrected chi connectivity index (χ4v) is 2.27. The van der Waals surface area contributed by atoms with Crippen LogP contribution in [0.2, 0.25) is 0 Å². The van der Waals surface area contributed by atoms with E-state index in [9.17, 15) is 18.4 Å². The number of benzene rings is 2. The Labute approximate surface area is 153 Å². The average molecular weight is 371 g/mol. The van der Waals surface area contributed by atoms with E-state index in [0.29, 0.717) is 5.75 Å². The van der Waals surface area contributed by atoms with Crippen LogP contribution in [0, 0.1) is 11.6 Å². The molecule has 0 spiro atoms. The van der Waals surface area contributed by atoms with Crippen molar-refractivity contribution in [3.8, 4) is 5.75 Å². The van der Waals surface area contributed by atoms with E-state index in [-0.39, 0.29) is 24.5 Å². The largest absolute Gasteiger partial charge is 0.492 e.